The number of benzene rings is 3. The van der Waals surface area contributed by atoms with Crippen molar-refractivity contribution in [1.29, 1.82) is 0 Å². The van der Waals surface area contributed by atoms with E-state index in [1.165, 1.54) is 12.0 Å². The zero-order chi connectivity index (χ0) is 27.9. The van der Waals surface area contributed by atoms with Gasteiger partial charge < -0.3 is 25.0 Å². The first-order valence-corrected chi connectivity index (χ1v) is 12.8. The Morgan fingerprint density at radius 2 is 1.64 bits per heavy atom. The number of carbonyl (C=O) groups excluding carboxylic acids is 3. The summed E-state index contributed by atoms with van der Waals surface area (Å²) in [7, 11) is 1.30. The topological polar surface area (TPSA) is 97.0 Å². The molecule has 0 radical (unpaired) electrons. The number of alkyl halides is 1. The van der Waals surface area contributed by atoms with E-state index in [-0.39, 0.29) is 31.9 Å². The Morgan fingerprint density at radius 3 is 2.28 bits per heavy atom. The zero-order valence-electron chi connectivity index (χ0n) is 21.0. The van der Waals surface area contributed by atoms with Crippen LogP contribution in [-0.4, -0.2) is 55.3 Å². The molecule has 1 heterocycles. The summed E-state index contributed by atoms with van der Waals surface area (Å²) < 4.78 is 24.7. The van der Waals surface area contributed by atoms with E-state index in [1.807, 2.05) is 0 Å². The van der Waals surface area contributed by atoms with Crippen molar-refractivity contribution in [2.24, 2.45) is 0 Å². The first-order chi connectivity index (χ1) is 18.7. The van der Waals surface area contributed by atoms with Crippen LogP contribution in [0.1, 0.15) is 22.3 Å². The lowest BCUT2D eigenvalue weighted by Crippen LogP contribution is -2.40. The Balaban J connectivity index is 1.30. The van der Waals surface area contributed by atoms with E-state index in [2.05, 4.69) is 15.4 Å². The van der Waals surface area contributed by atoms with Crippen LogP contribution in [0.3, 0.4) is 0 Å². The largest absolute Gasteiger partial charge is 0.491 e. The Bertz CT molecular complexity index is 1320. The lowest BCUT2D eigenvalue weighted by atomic mass is 10.1. The molecule has 11 heteroatoms. The number of esters is 1. The SMILES string of the molecule is COC(=O)c1ccc(OCC2CC(F)CN2C(=O)Cc2ccc(NC(=O)Nc3c(Cl)cccc3Cl)cc2)cc1. The number of likely N-dealkylation sites (tertiary alicyclic amines) is 1. The van der Waals surface area contributed by atoms with Crippen LogP contribution in [0.25, 0.3) is 0 Å². The van der Waals surface area contributed by atoms with Crippen molar-refractivity contribution >= 4 is 52.5 Å². The van der Waals surface area contributed by atoms with Gasteiger partial charge in [0.05, 0.1) is 47.4 Å². The number of hydrogen-bond donors (Lipinski definition) is 2. The highest BCUT2D eigenvalue weighted by Crippen LogP contribution is 2.30. The minimum absolute atomic E-state index is 0.00143. The number of hydrogen-bond acceptors (Lipinski definition) is 5. The van der Waals surface area contributed by atoms with Crippen molar-refractivity contribution in [3.05, 3.63) is 87.9 Å². The smallest absolute Gasteiger partial charge is 0.337 e. The van der Waals surface area contributed by atoms with Crippen molar-refractivity contribution in [3.63, 3.8) is 0 Å². The van der Waals surface area contributed by atoms with Gasteiger partial charge in [0.15, 0.2) is 0 Å². The van der Waals surface area contributed by atoms with Gasteiger partial charge in [-0.3, -0.25) is 4.79 Å². The number of ether oxygens (including phenoxy) is 2. The molecular formula is C28H26Cl2FN3O5. The van der Waals surface area contributed by atoms with Crippen molar-refractivity contribution in [1.82, 2.24) is 4.90 Å². The number of urea groups is 1. The van der Waals surface area contributed by atoms with Gasteiger partial charge in [0.25, 0.3) is 0 Å². The molecule has 1 aliphatic heterocycles. The molecule has 204 valence electrons. The molecule has 0 aromatic heterocycles. The summed E-state index contributed by atoms with van der Waals surface area (Å²) in [6.07, 6.45) is -0.890. The third kappa shape index (κ3) is 7.40. The minimum atomic E-state index is -1.14. The van der Waals surface area contributed by atoms with Crippen LogP contribution in [0.4, 0.5) is 20.6 Å². The Labute approximate surface area is 235 Å². The second-order valence-corrected chi connectivity index (χ2v) is 9.72. The molecule has 3 aromatic carbocycles. The van der Waals surface area contributed by atoms with Gasteiger partial charge in [-0.2, -0.15) is 0 Å². The molecular weight excluding hydrogens is 548 g/mol. The summed E-state index contributed by atoms with van der Waals surface area (Å²) in [6.45, 7) is 0.121. The third-order valence-corrected chi connectivity index (χ3v) is 6.80. The van der Waals surface area contributed by atoms with Gasteiger partial charge in [-0.1, -0.05) is 41.4 Å². The van der Waals surface area contributed by atoms with Crippen molar-refractivity contribution in [2.75, 3.05) is 30.9 Å². The quantitative estimate of drug-likeness (QED) is 0.323. The molecule has 0 spiro atoms. The zero-order valence-corrected chi connectivity index (χ0v) is 22.5. The van der Waals surface area contributed by atoms with Crippen molar-refractivity contribution in [2.45, 2.75) is 25.1 Å². The molecule has 2 atom stereocenters. The average molecular weight is 574 g/mol. The van der Waals surface area contributed by atoms with Crippen LogP contribution in [0.2, 0.25) is 10.0 Å². The predicted octanol–water partition coefficient (Wildman–Crippen LogP) is 5.98. The monoisotopic (exact) mass is 573 g/mol. The molecule has 0 saturated carbocycles. The highest BCUT2D eigenvalue weighted by atomic mass is 35.5. The Hall–Kier alpha value is -3.82. The number of methoxy groups -OCH3 is 1. The Kier molecular flexibility index (Phi) is 9.27. The summed E-state index contributed by atoms with van der Waals surface area (Å²) in [5.41, 5.74) is 1.90. The summed E-state index contributed by atoms with van der Waals surface area (Å²) in [5, 5.41) is 5.91. The Morgan fingerprint density at radius 1 is 0.974 bits per heavy atom. The summed E-state index contributed by atoms with van der Waals surface area (Å²) >= 11 is 12.2. The molecule has 1 fully saturated rings. The molecule has 4 rings (SSSR count). The second-order valence-electron chi connectivity index (χ2n) is 8.91. The maximum absolute atomic E-state index is 14.2. The van der Waals surface area contributed by atoms with Gasteiger partial charge in [-0.15, -0.1) is 0 Å². The van der Waals surface area contributed by atoms with E-state index in [0.717, 1.165) is 0 Å². The van der Waals surface area contributed by atoms with Gasteiger partial charge in [0.2, 0.25) is 5.91 Å². The highest BCUT2D eigenvalue weighted by molar-refractivity contribution is 6.39. The molecule has 2 N–H and O–H groups in total. The summed E-state index contributed by atoms with van der Waals surface area (Å²) in [6, 6.07) is 17.1. The van der Waals surface area contributed by atoms with Crippen LogP contribution < -0.4 is 15.4 Å². The molecule has 2 unspecified atom stereocenters. The van der Waals surface area contributed by atoms with E-state index in [4.69, 9.17) is 27.9 Å². The fourth-order valence-electron chi connectivity index (χ4n) is 4.20. The number of nitrogens with one attached hydrogen (secondary N) is 2. The van der Waals surface area contributed by atoms with Crippen LogP contribution in [0, 0.1) is 0 Å². The van der Waals surface area contributed by atoms with Gasteiger partial charge in [0, 0.05) is 12.1 Å². The fraction of sp³-hybridized carbons (Fsp3) is 0.250. The number of rotatable bonds is 8. The summed E-state index contributed by atoms with van der Waals surface area (Å²) in [4.78, 5) is 38.4. The van der Waals surface area contributed by atoms with Gasteiger partial charge in [0.1, 0.15) is 18.5 Å². The lowest BCUT2D eigenvalue weighted by Gasteiger charge is -2.24. The fourth-order valence-corrected chi connectivity index (χ4v) is 4.69. The maximum atomic E-state index is 14.2. The molecule has 3 amide bonds. The molecule has 0 bridgehead atoms. The highest BCUT2D eigenvalue weighted by Gasteiger charge is 2.35. The molecule has 1 aliphatic rings. The van der Waals surface area contributed by atoms with Crippen molar-refractivity contribution < 1.29 is 28.2 Å². The molecule has 0 aliphatic carbocycles. The number of carbonyl (C=O) groups is 3. The average Bonchev–Trinajstić information content (AvgIpc) is 3.31. The van der Waals surface area contributed by atoms with Gasteiger partial charge >= 0.3 is 12.0 Å². The number of nitrogens with zero attached hydrogens (tertiary/aromatic N) is 1. The van der Waals surface area contributed by atoms with Gasteiger partial charge in [-0.05, 0) is 54.1 Å². The van der Waals surface area contributed by atoms with Gasteiger partial charge in [-0.25, -0.2) is 14.0 Å². The second kappa shape index (κ2) is 12.8. The van der Waals surface area contributed by atoms with E-state index in [1.54, 1.807) is 66.7 Å². The maximum Gasteiger partial charge on any atom is 0.337 e. The number of halogens is 3. The van der Waals surface area contributed by atoms with E-state index < -0.39 is 24.2 Å². The molecule has 3 aromatic rings. The lowest BCUT2D eigenvalue weighted by molar-refractivity contribution is -0.132. The standard InChI is InChI=1S/C28H26Cl2FN3O5/c1-38-27(36)18-7-11-22(12-8-18)39-16-21-14-19(31)15-34(21)25(35)13-17-5-9-20(10-6-17)32-28(37)33-26-23(29)3-2-4-24(26)30/h2-12,19,21H,13-16H2,1H3,(H2,32,33,37). The van der Waals surface area contributed by atoms with Crippen LogP contribution in [0.5, 0.6) is 5.75 Å². The molecule has 1 saturated heterocycles. The van der Waals surface area contributed by atoms with E-state index in [9.17, 15) is 18.8 Å². The van der Waals surface area contributed by atoms with Crippen molar-refractivity contribution in [3.8, 4) is 5.75 Å². The third-order valence-electron chi connectivity index (χ3n) is 6.17. The first kappa shape index (κ1) is 28.2. The first-order valence-electron chi connectivity index (χ1n) is 12.1. The van der Waals surface area contributed by atoms with Crippen LogP contribution in [-0.2, 0) is 16.0 Å². The number of amides is 3. The number of para-hydroxylation sites is 1. The predicted molar refractivity (Wildman–Crippen MR) is 148 cm³/mol. The van der Waals surface area contributed by atoms with E-state index in [0.29, 0.717) is 38.3 Å². The molecule has 8 nitrogen and oxygen atoms in total. The normalized spacial score (nSPS) is 16.5. The molecule has 39 heavy (non-hydrogen) atoms. The number of anilines is 2. The van der Waals surface area contributed by atoms with Crippen LogP contribution >= 0.6 is 23.2 Å². The van der Waals surface area contributed by atoms with E-state index >= 15 is 0 Å². The minimum Gasteiger partial charge on any atom is -0.491 e. The van der Waals surface area contributed by atoms with Crippen LogP contribution in [0.15, 0.2) is 66.7 Å². The summed E-state index contributed by atoms with van der Waals surface area (Å²) in [5.74, 6) is -0.179.